The number of aliphatic hydroxyl groups excluding tert-OH is 1. The maximum atomic E-state index is 13.6. The number of carbonyl (C=O) groups excluding carboxylic acids is 1. The summed E-state index contributed by atoms with van der Waals surface area (Å²) in [7, 11) is 0. The largest absolute Gasteiger partial charge is 0.423 e. The Kier molecular flexibility index (Phi) is 7.01. The highest BCUT2D eigenvalue weighted by Crippen LogP contribution is 2.31. The normalized spacial score (nSPS) is 20.2. The van der Waals surface area contributed by atoms with Crippen molar-refractivity contribution < 1.29 is 32.5 Å². The van der Waals surface area contributed by atoms with Crippen LogP contribution in [0.3, 0.4) is 0 Å². The summed E-state index contributed by atoms with van der Waals surface area (Å²) in [5.41, 5.74) is -4.07. The predicted molar refractivity (Wildman–Crippen MR) is 117 cm³/mol. The number of aromatic nitrogens is 2. The summed E-state index contributed by atoms with van der Waals surface area (Å²) in [5.74, 6) is -1.21. The van der Waals surface area contributed by atoms with Crippen LogP contribution in [0.1, 0.15) is 34.1 Å². The number of ether oxygens (including phenoxy) is 2. The molecule has 11 heteroatoms. The van der Waals surface area contributed by atoms with E-state index < -0.39 is 47.3 Å². The van der Waals surface area contributed by atoms with Gasteiger partial charge in [-0.1, -0.05) is 48.5 Å². The zero-order chi connectivity index (χ0) is 25.2. The molecule has 0 bridgehead atoms. The van der Waals surface area contributed by atoms with E-state index in [1.807, 2.05) is 30.3 Å². The second-order valence-electron chi connectivity index (χ2n) is 7.98. The lowest BCUT2D eigenvalue weighted by Crippen LogP contribution is -2.47. The molecule has 2 aromatic carbocycles. The molecule has 8 nitrogen and oxygen atoms in total. The van der Waals surface area contributed by atoms with Crippen molar-refractivity contribution in [3.8, 4) is 0 Å². The summed E-state index contributed by atoms with van der Waals surface area (Å²) >= 11 is 0. The maximum absolute atomic E-state index is 13.6. The lowest BCUT2D eigenvalue weighted by molar-refractivity contribution is -0.140. The molecule has 0 spiro atoms. The lowest BCUT2D eigenvalue weighted by atomic mass is 10.2. The van der Waals surface area contributed by atoms with Gasteiger partial charge in [0.2, 0.25) is 0 Å². The van der Waals surface area contributed by atoms with Crippen molar-refractivity contribution in [2.24, 2.45) is 0 Å². The van der Waals surface area contributed by atoms with Crippen LogP contribution < -0.4 is 11.2 Å². The smallest absolute Gasteiger partial charge is 0.390 e. The number of benzene rings is 2. The van der Waals surface area contributed by atoms with Gasteiger partial charge in [-0.2, -0.15) is 17.7 Å². The fourth-order valence-electron chi connectivity index (χ4n) is 3.77. The molecule has 0 radical (unpaired) electrons. The fraction of sp³-hybridized carbons (Fsp3) is 0.292. The monoisotopic (exact) mass is 490 g/mol. The predicted octanol–water partition coefficient (Wildman–Crippen LogP) is 2.58. The highest BCUT2D eigenvalue weighted by atomic mass is 19.4. The zero-order valence-electron chi connectivity index (χ0n) is 18.2. The fourth-order valence-corrected chi connectivity index (χ4v) is 3.77. The van der Waals surface area contributed by atoms with Crippen LogP contribution in [-0.4, -0.2) is 39.0 Å². The number of carbonyl (C=O) groups is 1. The first-order chi connectivity index (χ1) is 16.7. The lowest BCUT2D eigenvalue weighted by Gasteiger charge is -2.19. The number of halogens is 3. The Balaban J connectivity index is 1.63. The topological polar surface area (TPSA) is 99.8 Å². The van der Waals surface area contributed by atoms with Crippen molar-refractivity contribution in [1.82, 2.24) is 9.13 Å². The highest BCUT2D eigenvalue weighted by molar-refractivity contribution is 5.95. The van der Waals surface area contributed by atoms with Crippen molar-refractivity contribution >= 4 is 5.91 Å². The molecule has 4 rings (SSSR count). The Bertz CT molecular complexity index is 1300. The van der Waals surface area contributed by atoms with Gasteiger partial charge in [0, 0.05) is 18.2 Å². The van der Waals surface area contributed by atoms with E-state index >= 15 is 0 Å². The van der Waals surface area contributed by atoms with Gasteiger partial charge in [-0.05, 0) is 17.7 Å². The van der Waals surface area contributed by atoms with E-state index in [1.165, 1.54) is 24.3 Å². The quantitative estimate of drug-likeness (QED) is 0.570. The van der Waals surface area contributed by atoms with Crippen LogP contribution in [0.15, 0.2) is 76.4 Å². The van der Waals surface area contributed by atoms with Crippen LogP contribution in [0.4, 0.5) is 13.2 Å². The van der Waals surface area contributed by atoms with Crippen LogP contribution in [0.2, 0.25) is 0 Å². The van der Waals surface area contributed by atoms with Crippen molar-refractivity contribution in [3.63, 3.8) is 0 Å². The molecule has 1 unspecified atom stereocenters. The van der Waals surface area contributed by atoms with E-state index in [2.05, 4.69) is 0 Å². The zero-order valence-corrected chi connectivity index (χ0v) is 18.2. The van der Waals surface area contributed by atoms with Gasteiger partial charge in [-0.3, -0.25) is 14.2 Å². The van der Waals surface area contributed by atoms with Crippen molar-refractivity contribution in [2.45, 2.75) is 37.6 Å². The number of hydrogen-bond donors (Lipinski definition) is 1. The number of hydrogen-bond acceptors (Lipinski definition) is 6. The Labute approximate surface area is 196 Å². The minimum atomic E-state index is -5.14. The average molecular weight is 490 g/mol. The first kappa shape index (κ1) is 24.6. The van der Waals surface area contributed by atoms with Crippen molar-refractivity contribution in [2.75, 3.05) is 6.61 Å². The SMILES string of the molecule is O=C(c1ccccc1)n1c(=O)c(C(F)(F)F)cn([C@@H]2CC(O)[C@H](COCc3ccccc3)O2)c1=O. The molecule has 35 heavy (non-hydrogen) atoms. The summed E-state index contributed by atoms with van der Waals surface area (Å²) in [6.45, 7) is 0.128. The van der Waals surface area contributed by atoms with E-state index in [1.54, 1.807) is 6.07 Å². The summed E-state index contributed by atoms with van der Waals surface area (Å²) in [5, 5.41) is 10.4. The third kappa shape index (κ3) is 5.26. The molecule has 0 saturated carbocycles. The first-order valence-electron chi connectivity index (χ1n) is 10.7. The van der Waals surface area contributed by atoms with E-state index in [0.29, 0.717) is 10.8 Å². The maximum Gasteiger partial charge on any atom is 0.423 e. The first-order valence-corrected chi connectivity index (χ1v) is 10.7. The number of nitrogens with zero attached hydrogens (tertiary/aromatic N) is 2. The number of rotatable bonds is 6. The van der Waals surface area contributed by atoms with Crippen LogP contribution in [0, 0.1) is 0 Å². The van der Waals surface area contributed by atoms with Gasteiger partial charge in [-0.25, -0.2) is 4.79 Å². The minimum Gasteiger partial charge on any atom is -0.390 e. The molecule has 1 aliphatic rings. The Morgan fingerprint density at radius 3 is 2.31 bits per heavy atom. The third-order valence-electron chi connectivity index (χ3n) is 5.55. The van der Waals surface area contributed by atoms with E-state index in [4.69, 9.17) is 9.47 Å². The van der Waals surface area contributed by atoms with Gasteiger partial charge in [0.1, 0.15) is 17.9 Å². The van der Waals surface area contributed by atoms with Crippen LogP contribution in [-0.2, 0) is 22.3 Å². The van der Waals surface area contributed by atoms with Crippen molar-refractivity contribution in [1.29, 1.82) is 0 Å². The molecule has 1 aromatic heterocycles. The van der Waals surface area contributed by atoms with Crippen LogP contribution in [0.25, 0.3) is 0 Å². The molecule has 0 amide bonds. The molecule has 3 aromatic rings. The van der Waals surface area contributed by atoms with Crippen molar-refractivity contribution in [3.05, 3.63) is 104 Å². The minimum absolute atomic E-state index is 0.0624. The van der Waals surface area contributed by atoms with E-state index in [-0.39, 0.29) is 29.8 Å². The Morgan fingerprint density at radius 2 is 1.69 bits per heavy atom. The molecule has 0 aliphatic carbocycles. The summed E-state index contributed by atoms with van der Waals surface area (Å²) in [6, 6.07) is 16.2. The van der Waals surface area contributed by atoms with Crippen LogP contribution >= 0.6 is 0 Å². The second-order valence-corrected chi connectivity index (χ2v) is 7.98. The highest BCUT2D eigenvalue weighted by Gasteiger charge is 2.41. The molecular weight excluding hydrogens is 469 g/mol. The number of aliphatic hydroxyl groups is 1. The van der Waals surface area contributed by atoms with Gasteiger partial charge >= 0.3 is 11.9 Å². The molecule has 1 aliphatic heterocycles. The second kappa shape index (κ2) is 9.98. The molecule has 1 fully saturated rings. The van der Waals surface area contributed by atoms with Gasteiger partial charge in [-0.15, -0.1) is 0 Å². The standard InChI is InChI=1S/C24H21F3N2O6/c25-24(26,27)17-12-28(23(33)29(22(17)32)21(31)16-9-5-2-6-10-16)20-11-18(30)19(35-20)14-34-13-15-7-3-1-4-8-15/h1-10,12,18-20,30H,11,13-14H2/t18?,19-,20-/m0/s1. The van der Waals surface area contributed by atoms with Crippen LogP contribution in [0.5, 0.6) is 0 Å². The molecule has 3 atom stereocenters. The number of alkyl halides is 3. The molecule has 184 valence electrons. The van der Waals surface area contributed by atoms with E-state index in [9.17, 15) is 32.7 Å². The Morgan fingerprint density at radius 1 is 1.06 bits per heavy atom. The summed E-state index contributed by atoms with van der Waals surface area (Å²) in [6.07, 6.45) is -8.49. The molecule has 2 heterocycles. The van der Waals surface area contributed by atoms with E-state index in [0.717, 1.165) is 5.56 Å². The Hall–Kier alpha value is -3.54. The molecular formula is C24H21F3N2O6. The molecule has 1 N–H and O–H groups in total. The molecule has 1 saturated heterocycles. The summed E-state index contributed by atoms with van der Waals surface area (Å²) < 4.78 is 52.5. The van der Waals surface area contributed by atoms with Gasteiger partial charge in [0.05, 0.1) is 19.3 Å². The van der Waals surface area contributed by atoms with Gasteiger partial charge in [0.25, 0.3) is 11.5 Å². The van der Waals surface area contributed by atoms with Gasteiger partial charge in [0.15, 0.2) is 0 Å². The van der Waals surface area contributed by atoms with Gasteiger partial charge < -0.3 is 14.6 Å². The summed E-state index contributed by atoms with van der Waals surface area (Å²) in [4.78, 5) is 38.4. The third-order valence-corrected chi connectivity index (χ3v) is 5.55. The average Bonchev–Trinajstić information content (AvgIpc) is 3.19.